The molecule has 1 saturated heterocycles. The second kappa shape index (κ2) is 9.15. The van der Waals surface area contributed by atoms with E-state index in [1.165, 1.54) is 12.1 Å². The molecule has 6 heteroatoms. The van der Waals surface area contributed by atoms with E-state index in [4.69, 9.17) is 5.26 Å². The molecular weight excluding hydrogens is 343 g/mol. The summed E-state index contributed by atoms with van der Waals surface area (Å²) < 4.78 is 13.0. The molecule has 1 amide bonds. The molecule has 140 valence electrons. The zero-order chi connectivity index (χ0) is 19.1. The summed E-state index contributed by atoms with van der Waals surface area (Å²) in [7, 11) is 0. The summed E-state index contributed by atoms with van der Waals surface area (Å²) in [6.07, 6.45) is 0.887. The fraction of sp³-hybridized carbons (Fsp3) is 0.333. The zero-order valence-electron chi connectivity index (χ0n) is 15.2. The number of piperazine rings is 1. The Morgan fingerprint density at radius 1 is 1.04 bits per heavy atom. The molecule has 1 aliphatic heterocycles. The highest BCUT2D eigenvalue weighted by molar-refractivity contribution is 5.94. The third kappa shape index (κ3) is 5.28. The van der Waals surface area contributed by atoms with Gasteiger partial charge in [0.05, 0.1) is 11.6 Å². The predicted octanol–water partition coefficient (Wildman–Crippen LogP) is 2.64. The number of halogens is 1. The van der Waals surface area contributed by atoms with Gasteiger partial charge < -0.3 is 10.2 Å². The summed E-state index contributed by atoms with van der Waals surface area (Å²) in [6, 6.07) is 15.3. The van der Waals surface area contributed by atoms with E-state index >= 15 is 0 Å². The number of rotatable bonds is 6. The summed E-state index contributed by atoms with van der Waals surface area (Å²) in [6.45, 7) is 5.32. The van der Waals surface area contributed by atoms with Crippen molar-refractivity contribution in [1.29, 1.82) is 5.26 Å². The number of hydrogen-bond donors (Lipinski definition) is 1. The van der Waals surface area contributed by atoms with Crippen LogP contribution in [-0.2, 0) is 0 Å². The first-order valence-electron chi connectivity index (χ1n) is 9.17. The first-order valence-corrected chi connectivity index (χ1v) is 9.17. The van der Waals surface area contributed by atoms with Crippen molar-refractivity contribution in [1.82, 2.24) is 10.2 Å². The van der Waals surface area contributed by atoms with Gasteiger partial charge in [0.25, 0.3) is 5.91 Å². The van der Waals surface area contributed by atoms with Gasteiger partial charge in [-0.3, -0.25) is 9.69 Å². The van der Waals surface area contributed by atoms with Crippen LogP contribution in [0.25, 0.3) is 0 Å². The highest BCUT2D eigenvalue weighted by atomic mass is 19.1. The molecule has 0 unspecified atom stereocenters. The molecule has 1 N–H and O–H groups in total. The second-order valence-corrected chi connectivity index (χ2v) is 6.60. The quantitative estimate of drug-likeness (QED) is 0.799. The highest BCUT2D eigenvalue weighted by Crippen LogP contribution is 2.16. The van der Waals surface area contributed by atoms with Crippen molar-refractivity contribution in [3.63, 3.8) is 0 Å². The number of benzene rings is 2. The number of carbonyl (C=O) groups excluding carboxylic acids is 1. The summed E-state index contributed by atoms with van der Waals surface area (Å²) in [5.41, 5.74) is 2.18. The molecule has 1 fully saturated rings. The van der Waals surface area contributed by atoms with E-state index in [0.29, 0.717) is 17.7 Å². The lowest BCUT2D eigenvalue weighted by molar-refractivity contribution is 0.0951. The van der Waals surface area contributed by atoms with Crippen LogP contribution in [0.1, 0.15) is 22.3 Å². The molecule has 0 saturated carbocycles. The molecule has 3 rings (SSSR count). The number of hydrogen-bond acceptors (Lipinski definition) is 4. The number of nitrogens with one attached hydrogen (secondary N) is 1. The molecule has 1 heterocycles. The van der Waals surface area contributed by atoms with E-state index in [1.807, 2.05) is 18.2 Å². The van der Waals surface area contributed by atoms with E-state index in [1.54, 1.807) is 24.3 Å². The second-order valence-electron chi connectivity index (χ2n) is 6.60. The van der Waals surface area contributed by atoms with Gasteiger partial charge in [-0.2, -0.15) is 5.26 Å². The van der Waals surface area contributed by atoms with Crippen LogP contribution in [0.15, 0.2) is 48.5 Å². The Labute approximate surface area is 159 Å². The van der Waals surface area contributed by atoms with E-state index in [-0.39, 0.29) is 11.7 Å². The Morgan fingerprint density at radius 3 is 2.33 bits per heavy atom. The van der Waals surface area contributed by atoms with Crippen molar-refractivity contribution in [2.24, 2.45) is 0 Å². The van der Waals surface area contributed by atoms with Crippen molar-refractivity contribution in [3.05, 3.63) is 65.5 Å². The zero-order valence-corrected chi connectivity index (χ0v) is 15.2. The van der Waals surface area contributed by atoms with Crippen molar-refractivity contribution in [3.8, 4) is 6.07 Å². The largest absolute Gasteiger partial charge is 0.369 e. The van der Waals surface area contributed by atoms with Gasteiger partial charge in [-0.15, -0.1) is 0 Å². The number of amides is 1. The van der Waals surface area contributed by atoms with Crippen LogP contribution >= 0.6 is 0 Å². The van der Waals surface area contributed by atoms with Gasteiger partial charge in [-0.05, 0) is 61.5 Å². The van der Waals surface area contributed by atoms with E-state index in [0.717, 1.165) is 44.8 Å². The normalized spacial score (nSPS) is 14.6. The number of carbonyl (C=O) groups is 1. The Bertz CT molecular complexity index is 790. The molecule has 0 spiro atoms. The first kappa shape index (κ1) is 18.9. The maximum absolute atomic E-state index is 13.0. The molecule has 0 bridgehead atoms. The van der Waals surface area contributed by atoms with Gasteiger partial charge in [0.15, 0.2) is 0 Å². The Kier molecular flexibility index (Phi) is 6.39. The Morgan fingerprint density at radius 2 is 1.70 bits per heavy atom. The van der Waals surface area contributed by atoms with E-state index < -0.39 is 0 Å². The van der Waals surface area contributed by atoms with Crippen molar-refractivity contribution < 1.29 is 9.18 Å². The first-order chi connectivity index (χ1) is 13.2. The third-order valence-electron chi connectivity index (χ3n) is 4.78. The third-order valence-corrected chi connectivity index (χ3v) is 4.78. The molecule has 0 aliphatic carbocycles. The molecule has 0 atom stereocenters. The summed E-state index contributed by atoms with van der Waals surface area (Å²) in [5, 5.41) is 11.7. The van der Waals surface area contributed by atoms with Crippen LogP contribution in [0.2, 0.25) is 0 Å². The van der Waals surface area contributed by atoms with Crippen LogP contribution in [0.3, 0.4) is 0 Å². The predicted molar refractivity (Wildman–Crippen MR) is 103 cm³/mol. The summed E-state index contributed by atoms with van der Waals surface area (Å²) in [4.78, 5) is 16.7. The molecule has 2 aromatic carbocycles. The fourth-order valence-corrected chi connectivity index (χ4v) is 3.18. The number of nitrogens with zero attached hydrogens (tertiary/aromatic N) is 3. The van der Waals surface area contributed by atoms with Crippen LogP contribution < -0.4 is 10.2 Å². The van der Waals surface area contributed by atoms with Crippen molar-refractivity contribution >= 4 is 11.6 Å². The minimum Gasteiger partial charge on any atom is -0.369 e. The molecule has 5 nitrogen and oxygen atoms in total. The Balaban J connectivity index is 1.35. The van der Waals surface area contributed by atoms with Gasteiger partial charge in [-0.1, -0.05) is 0 Å². The van der Waals surface area contributed by atoms with Gasteiger partial charge >= 0.3 is 0 Å². The van der Waals surface area contributed by atoms with Crippen LogP contribution in [0.4, 0.5) is 10.1 Å². The highest BCUT2D eigenvalue weighted by Gasteiger charge is 2.16. The lowest BCUT2D eigenvalue weighted by atomic mass is 10.1. The van der Waals surface area contributed by atoms with Crippen LogP contribution in [0, 0.1) is 17.1 Å². The smallest absolute Gasteiger partial charge is 0.251 e. The summed E-state index contributed by atoms with van der Waals surface area (Å²) in [5.74, 6) is -0.318. The molecular formula is C21H23FN4O. The topological polar surface area (TPSA) is 59.4 Å². The van der Waals surface area contributed by atoms with Gasteiger partial charge in [-0.25, -0.2) is 4.39 Å². The van der Waals surface area contributed by atoms with Crippen molar-refractivity contribution in [2.75, 3.05) is 44.2 Å². The lowest BCUT2D eigenvalue weighted by Crippen LogP contribution is -2.47. The van der Waals surface area contributed by atoms with Gasteiger partial charge in [0.2, 0.25) is 0 Å². The van der Waals surface area contributed by atoms with Crippen molar-refractivity contribution in [2.45, 2.75) is 6.42 Å². The SMILES string of the molecule is N#Cc1ccc(C(=O)NCCCN2CCN(c3ccc(F)cc3)CC2)cc1. The monoisotopic (exact) mass is 366 g/mol. The maximum atomic E-state index is 13.0. The molecule has 1 aliphatic rings. The van der Waals surface area contributed by atoms with E-state index in [9.17, 15) is 9.18 Å². The summed E-state index contributed by atoms with van der Waals surface area (Å²) >= 11 is 0. The number of nitriles is 1. The average molecular weight is 366 g/mol. The molecule has 0 radical (unpaired) electrons. The van der Waals surface area contributed by atoms with Gasteiger partial charge in [0.1, 0.15) is 5.82 Å². The maximum Gasteiger partial charge on any atom is 0.251 e. The lowest BCUT2D eigenvalue weighted by Gasteiger charge is -2.36. The van der Waals surface area contributed by atoms with E-state index in [2.05, 4.69) is 15.1 Å². The van der Waals surface area contributed by atoms with Crippen LogP contribution in [-0.4, -0.2) is 50.1 Å². The molecule has 2 aromatic rings. The molecule has 27 heavy (non-hydrogen) atoms. The number of anilines is 1. The minimum absolute atomic E-state index is 0.111. The van der Waals surface area contributed by atoms with Crippen LogP contribution in [0.5, 0.6) is 0 Å². The molecule has 0 aromatic heterocycles. The fourth-order valence-electron chi connectivity index (χ4n) is 3.18. The standard InChI is InChI=1S/C21H23FN4O/c22-19-6-8-20(9-7-19)26-14-12-25(13-15-26)11-1-10-24-21(27)18-4-2-17(16-23)3-5-18/h2-9H,1,10-15H2,(H,24,27). The Hall–Kier alpha value is -2.91. The van der Waals surface area contributed by atoms with Gasteiger partial charge in [0, 0.05) is 44.0 Å². The minimum atomic E-state index is -0.208. The average Bonchev–Trinajstić information content (AvgIpc) is 2.72.